The minimum absolute atomic E-state index is 0.00561. The van der Waals surface area contributed by atoms with Crippen molar-refractivity contribution in [3.8, 4) is 0 Å². The van der Waals surface area contributed by atoms with Crippen LogP contribution in [0.25, 0.3) is 0 Å². The molecule has 1 aliphatic rings. The second kappa shape index (κ2) is 8.81. The summed E-state index contributed by atoms with van der Waals surface area (Å²) in [6.45, 7) is 5.55. The average Bonchev–Trinajstić information content (AvgIpc) is 3.36. The number of rotatable bonds is 8. The molecule has 0 saturated carbocycles. The van der Waals surface area contributed by atoms with Gasteiger partial charge in [-0.05, 0) is 26.3 Å². The number of amides is 2. The van der Waals surface area contributed by atoms with Crippen LogP contribution in [0.4, 0.5) is 0 Å². The Balaban J connectivity index is 1.55. The molecule has 0 spiro atoms. The summed E-state index contributed by atoms with van der Waals surface area (Å²) in [5.41, 5.74) is 1.01. The molecule has 0 bridgehead atoms. The van der Waals surface area contributed by atoms with Crippen molar-refractivity contribution in [3.63, 3.8) is 0 Å². The van der Waals surface area contributed by atoms with Gasteiger partial charge in [-0.1, -0.05) is 0 Å². The lowest BCUT2D eigenvalue weighted by Gasteiger charge is -2.22. The van der Waals surface area contributed by atoms with Crippen LogP contribution in [0.5, 0.6) is 0 Å². The molecule has 0 aliphatic carbocycles. The molecule has 1 fully saturated rings. The van der Waals surface area contributed by atoms with E-state index in [1.165, 1.54) is 0 Å². The highest BCUT2D eigenvalue weighted by molar-refractivity contribution is 5.82. The largest absolute Gasteiger partial charge is 0.472 e. The Kier molecular flexibility index (Phi) is 6.23. The summed E-state index contributed by atoms with van der Waals surface area (Å²) >= 11 is 0. The highest BCUT2D eigenvalue weighted by Gasteiger charge is 2.37. The molecule has 3 heterocycles. The second-order valence-corrected chi connectivity index (χ2v) is 6.81. The number of aryl methyl sites for hydroxylation is 2. The third kappa shape index (κ3) is 5.16. The van der Waals surface area contributed by atoms with Gasteiger partial charge >= 0.3 is 0 Å². The fourth-order valence-electron chi connectivity index (χ4n) is 3.39. The normalized spacial score (nSPS) is 19.9. The van der Waals surface area contributed by atoms with Crippen molar-refractivity contribution in [1.29, 1.82) is 0 Å². The number of hydrogen-bond acceptors (Lipinski definition) is 6. The van der Waals surface area contributed by atoms with Gasteiger partial charge in [-0.15, -0.1) is 0 Å². The van der Waals surface area contributed by atoms with Crippen LogP contribution >= 0.6 is 0 Å². The van der Waals surface area contributed by atoms with Gasteiger partial charge in [0, 0.05) is 44.1 Å². The van der Waals surface area contributed by atoms with E-state index in [-0.39, 0.29) is 23.9 Å². The zero-order valence-electron chi connectivity index (χ0n) is 15.7. The van der Waals surface area contributed by atoms with Crippen molar-refractivity contribution in [3.05, 3.63) is 35.8 Å². The van der Waals surface area contributed by atoms with Gasteiger partial charge < -0.3 is 15.1 Å². The second-order valence-electron chi connectivity index (χ2n) is 6.81. The van der Waals surface area contributed by atoms with Gasteiger partial charge in [0.15, 0.2) is 5.82 Å². The summed E-state index contributed by atoms with van der Waals surface area (Å²) in [6.07, 6.45) is 4.70. The summed E-state index contributed by atoms with van der Waals surface area (Å²) in [5, 5.41) is 12.7. The Morgan fingerprint density at radius 2 is 2.30 bits per heavy atom. The summed E-state index contributed by atoms with van der Waals surface area (Å²) in [6, 6.07) is 1.56. The molecule has 0 unspecified atom stereocenters. The van der Waals surface area contributed by atoms with Crippen molar-refractivity contribution >= 4 is 11.8 Å². The molecule has 146 valence electrons. The lowest BCUT2D eigenvalue weighted by molar-refractivity contribution is -0.125. The third-order valence-corrected chi connectivity index (χ3v) is 4.61. The van der Waals surface area contributed by atoms with Crippen LogP contribution in [0.1, 0.15) is 37.0 Å². The molecule has 3 rings (SSSR count). The van der Waals surface area contributed by atoms with E-state index in [1.54, 1.807) is 12.5 Å². The standard InChI is InChI=1S/C18H26N6O3/c1-3-19-18(26)15-8-14(10-24(15)9-13-6-7-27-11-13)21-17(25)5-4-16-20-12(2)22-23-16/h6-7,11,14-15H,3-5,8-10H2,1-2H3,(H,19,26)(H,21,25)(H,20,22,23)/t14-,15+/m1/s1. The zero-order valence-corrected chi connectivity index (χ0v) is 15.7. The van der Waals surface area contributed by atoms with E-state index in [2.05, 4.69) is 30.7 Å². The average molecular weight is 374 g/mol. The maximum absolute atomic E-state index is 12.4. The van der Waals surface area contributed by atoms with Gasteiger partial charge in [0.1, 0.15) is 5.82 Å². The molecule has 2 amide bonds. The van der Waals surface area contributed by atoms with Crippen molar-refractivity contribution in [2.24, 2.45) is 0 Å². The van der Waals surface area contributed by atoms with E-state index >= 15 is 0 Å². The molecule has 2 aromatic rings. The van der Waals surface area contributed by atoms with Crippen molar-refractivity contribution < 1.29 is 14.0 Å². The van der Waals surface area contributed by atoms with E-state index in [9.17, 15) is 9.59 Å². The van der Waals surface area contributed by atoms with Crippen LogP contribution in [0.2, 0.25) is 0 Å². The molecule has 2 atom stereocenters. The first-order valence-corrected chi connectivity index (χ1v) is 9.25. The smallest absolute Gasteiger partial charge is 0.237 e. The SMILES string of the molecule is CCNC(=O)[C@@H]1C[C@@H](NC(=O)CCc2n[nH]c(C)n2)CN1Cc1ccoc1. The Morgan fingerprint density at radius 1 is 1.44 bits per heavy atom. The summed E-state index contributed by atoms with van der Waals surface area (Å²) in [4.78, 5) is 31.0. The minimum Gasteiger partial charge on any atom is -0.472 e. The fraction of sp³-hybridized carbons (Fsp3) is 0.556. The lowest BCUT2D eigenvalue weighted by Crippen LogP contribution is -2.42. The van der Waals surface area contributed by atoms with E-state index in [1.807, 2.05) is 19.9 Å². The number of likely N-dealkylation sites (tertiary alicyclic amines) is 1. The van der Waals surface area contributed by atoms with Gasteiger partial charge in [0.2, 0.25) is 11.8 Å². The summed E-state index contributed by atoms with van der Waals surface area (Å²) in [7, 11) is 0. The number of furan rings is 1. The molecule has 1 aliphatic heterocycles. The van der Waals surface area contributed by atoms with E-state index in [4.69, 9.17) is 4.42 Å². The summed E-state index contributed by atoms with van der Waals surface area (Å²) in [5.74, 6) is 1.31. The van der Waals surface area contributed by atoms with Gasteiger partial charge in [0.25, 0.3) is 0 Å². The van der Waals surface area contributed by atoms with Crippen LogP contribution < -0.4 is 10.6 Å². The Hall–Kier alpha value is -2.68. The number of H-pyrrole nitrogens is 1. The van der Waals surface area contributed by atoms with Crippen LogP contribution in [0, 0.1) is 6.92 Å². The van der Waals surface area contributed by atoms with Crippen molar-refractivity contribution in [2.75, 3.05) is 13.1 Å². The number of nitrogens with one attached hydrogen (secondary N) is 3. The van der Waals surface area contributed by atoms with E-state index < -0.39 is 0 Å². The molecule has 0 radical (unpaired) electrons. The van der Waals surface area contributed by atoms with E-state index in [0.717, 1.165) is 11.4 Å². The molecule has 2 aromatic heterocycles. The number of likely N-dealkylation sites (N-methyl/N-ethyl adjacent to an activating group) is 1. The monoisotopic (exact) mass is 374 g/mol. The molecule has 27 heavy (non-hydrogen) atoms. The first kappa shape index (κ1) is 19.1. The summed E-state index contributed by atoms with van der Waals surface area (Å²) < 4.78 is 5.12. The molecule has 1 saturated heterocycles. The Labute approximate surface area is 157 Å². The molecule has 0 aromatic carbocycles. The van der Waals surface area contributed by atoms with Gasteiger partial charge in [-0.3, -0.25) is 19.6 Å². The van der Waals surface area contributed by atoms with Crippen LogP contribution in [0.15, 0.2) is 23.0 Å². The van der Waals surface area contributed by atoms with E-state index in [0.29, 0.717) is 44.7 Å². The number of nitrogens with zero attached hydrogens (tertiary/aromatic N) is 3. The third-order valence-electron chi connectivity index (χ3n) is 4.61. The number of aromatic nitrogens is 3. The van der Waals surface area contributed by atoms with Gasteiger partial charge in [-0.2, -0.15) is 5.10 Å². The van der Waals surface area contributed by atoms with Gasteiger partial charge in [0.05, 0.1) is 18.6 Å². The van der Waals surface area contributed by atoms with Crippen LogP contribution in [-0.2, 0) is 22.6 Å². The lowest BCUT2D eigenvalue weighted by atomic mass is 10.1. The topological polar surface area (TPSA) is 116 Å². The minimum atomic E-state index is -0.263. The number of hydrogen-bond donors (Lipinski definition) is 3. The molecule has 9 heteroatoms. The number of carbonyl (C=O) groups is 2. The number of carbonyl (C=O) groups excluding carboxylic acids is 2. The highest BCUT2D eigenvalue weighted by atomic mass is 16.3. The Bertz CT molecular complexity index is 757. The molecular formula is C18H26N6O3. The van der Waals surface area contributed by atoms with Crippen LogP contribution in [-0.4, -0.2) is 57.1 Å². The molecule has 9 nitrogen and oxygen atoms in total. The number of aromatic amines is 1. The quantitative estimate of drug-likeness (QED) is 0.621. The predicted octanol–water partition coefficient (Wildman–Crippen LogP) is 0.534. The maximum atomic E-state index is 12.4. The van der Waals surface area contributed by atoms with Crippen molar-refractivity contribution in [2.45, 2.75) is 51.7 Å². The first-order chi connectivity index (χ1) is 13.0. The van der Waals surface area contributed by atoms with Gasteiger partial charge in [-0.25, -0.2) is 4.98 Å². The fourth-order valence-corrected chi connectivity index (χ4v) is 3.39. The van der Waals surface area contributed by atoms with Crippen molar-refractivity contribution in [1.82, 2.24) is 30.7 Å². The maximum Gasteiger partial charge on any atom is 0.237 e. The first-order valence-electron chi connectivity index (χ1n) is 9.25. The molecule has 3 N–H and O–H groups in total. The Morgan fingerprint density at radius 3 is 2.96 bits per heavy atom. The predicted molar refractivity (Wildman–Crippen MR) is 97.6 cm³/mol. The highest BCUT2D eigenvalue weighted by Crippen LogP contribution is 2.21. The van der Waals surface area contributed by atoms with Crippen LogP contribution in [0.3, 0.4) is 0 Å². The molecular weight excluding hydrogens is 348 g/mol. The zero-order chi connectivity index (χ0) is 19.2.